The Morgan fingerprint density at radius 1 is 1.38 bits per heavy atom. The van der Waals surface area contributed by atoms with Gasteiger partial charge in [0, 0.05) is 0 Å². The van der Waals surface area contributed by atoms with E-state index in [1.165, 1.54) is 0 Å². The minimum atomic E-state index is -0.739. The van der Waals surface area contributed by atoms with Gasteiger partial charge in [-0.15, -0.1) is 0 Å². The lowest BCUT2D eigenvalue weighted by Crippen LogP contribution is -2.58. The number of aliphatic hydroxyl groups excluding tert-OH is 2. The second kappa shape index (κ2) is 3.53. The first-order chi connectivity index (χ1) is 6.24. The van der Waals surface area contributed by atoms with Crippen molar-refractivity contribution in [2.24, 2.45) is 0 Å². The van der Waals surface area contributed by atoms with E-state index in [1.807, 2.05) is 6.92 Å². The number of hydrogen-bond acceptors (Lipinski definition) is 4. The molecule has 2 heterocycles. The van der Waals surface area contributed by atoms with E-state index in [-0.39, 0.29) is 18.2 Å². The molecular weight excluding hydrogens is 170 g/mol. The molecule has 76 valence electrons. The Bertz CT molecular complexity index is 188. The third-order valence-electron chi connectivity index (χ3n) is 3.06. The Morgan fingerprint density at radius 2 is 2.15 bits per heavy atom. The average Bonchev–Trinajstić information content (AvgIpc) is 2.59. The molecule has 0 aromatic rings. The van der Waals surface area contributed by atoms with Crippen molar-refractivity contribution in [3.05, 3.63) is 0 Å². The Kier molecular flexibility index (Phi) is 2.55. The summed E-state index contributed by atoms with van der Waals surface area (Å²) in [4.78, 5) is 0. The van der Waals surface area contributed by atoms with Gasteiger partial charge in [0.2, 0.25) is 0 Å². The van der Waals surface area contributed by atoms with Crippen LogP contribution >= 0.6 is 0 Å². The van der Waals surface area contributed by atoms with E-state index in [0.29, 0.717) is 0 Å². The molecule has 5 atom stereocenters. The first-order valence-electron chi connectivity index (χ1n) is 4.99. The molecule has 0 amide bonds. The Morgan fingerprint density at radius 3 is 2.85 bits per heavy atom. The number of aliphatic hydroxyl groups is 2. The molecule has 0 radical (unpaired) electrons. The van der Waals surface area contributed by atoms with Crippen molar-refractivity contribution < 1.29 is 14.9 Å². The van der Waals surface area contributed by atoms with Crippen LogP contribution in [0, 0.1) is 0 Å². The zero-order chi connectivity index (χ0) is 9.42. The van der Waals surface area contributed by atoms with Gasteiger partial charge in [-0.25, -0.2) is 0 Å². The van der Waals surface area contributed by atoms with Crippen LogP contribution in [0.2, 0.25) is 0 Å². The van der Waals surface area contributed by atoms with Crippen LogP contribution < -0.4 is 5.32 Å². The highest BCUT2D eigenvalue weighted by atomic mass is 16.5. The Labute approximate surface area is 77.9 Å². The van der Waals surface area contributed by atoms with Crippen LogP contribution in [0.1, 0.15) is 19.8 Å². The summed E-state index contributed by atoms with van der Waals surface area (Å²) in [6.45, 7) is 2.83. The lowest BCUT2D eigenvalue weighted by molar-refractivity contribution is -0.174. The van der Waals surface area contributed by atoms with Gasteiger partial charge in [0.25, 0.3) is 0 Å². The zero-order valence-electron chi connectivity index (χ0n) is 7.81. The molecule has 1 unspecified atom stereocenters. The van der Waals surface area contributed by atoms with E-state index in [9.17, 15) is 10.2 Å². The molecule has 0 saturated carbocycles. The van der Waals surface area contributed by atoms with Crippen LogP contribution in [0.15, 0.2) is 0 Å². The normalized spacial score (nSPS) is 50.5. The van der Waals surface area contributed by atoms with Crippen LogP contribution in [0.25, 0.3) is 0 Å². The number of ether oxygens (including phenoxy) is 1. The molecule has 2 aliphatic heterocycles. The third kappa shape index (κ3) is 1.48. The molecule has 0 aliphatic carbocycles. The second-order valence-electron chi connectivity index (χ2n) is 3.87. The fourth-order valence-corrected chi connectivity index (χ4v) is 2.27. The quantitative estimate of drug-likeness (QED) is 0.505. The predicted molar refractivity (Wildman–Crippen MR) is 47.4 cm³/mol. The van der Waals surface area contributed by atoms with E-state index in [2.05, 4.69) is 5.32 Å². The molecule has 2 fully saturated rings. The van der Waals surface area contributed by atoms with Crippen LogP contribution in [-0.4, -0.2) is 47.2 Å². The van der Waals surface area contributed by atoms with Gasteiger partial charge >= 0.3 is 0 Å². The molecule has 4 nitrogen and oxygen atoms in total. The molecule has 13 heavy (non-hydrogen) atoms. The minimum absolute atomic E-state index is 0.0715. The van der Waals surface area contributed by atoms with E-state index in [1.54, 1.807) is 0 Å². The summed E-state index contributed by atoms with van der Waals surface area (Å²) in [5.41, 5.74) is 0. The summed E-state index contributed by atoms with van der Waals surface area (Å²) in [7, 11) is 0. The molecule has 3 N–H and O–H groups in total. The summed E-state index contributed by atoms with van der Waals surface area (Å²) in [5, 5.41) is 22.6. The van der Waals surface area contributed by atoms with E-state index in [0.717, 1.165) is 19.4 Å². The number of hydrogen-bond donors (Lipinski definition) is 3. The van der Waals surface area contributed by atoms with Crippen LogP contribution in [0.5, 0.6) is 0 Å². The number of fused-ring (bicyclic) bond motifs is 1. The highest BCUT2D eigenvalue weighted by Gasteiger charge is 2.45. The first-order valence-corrected chi connectivity index (χ1v) is 4.99. The maximum absolute atomic E-state index is 9.76. The van der Waals surface area contributed by atoms with Gasteiger partial charge in [-0.2, -0.15) is 0 Å². The van der Waals surface area contributed by atoms with Crippen molar-refractivity contribution in [2.45, 2.75) is 50.2 Å². The molecule has 2 aliphatic rings. The molecule has 0 bridgehead atoms. The summed E-state index contributed by atoms with van der Waals surface area (Å²) in [5.74, 6) is 0. The van der Waals surface area contributed by atoms with Crippen molar-refractivity contribution in [3.63, 3.8) is 0 Å². The summed E-state index contributed by atoms with van der Waals surface area (Å²) in [6, 6.07) is -0.0715. The SMILES string of the molecule is CC[C@H]1OC2CCN[C@@H]2[C@@H](O)[C@H]1O. The van der Waals surface area contributed by atoms with E-state index in [4.69, 9.17) is 4.74 Å². The zero-order valence-corrected chi connectivity index (χ0v) is 7.81. The monoisotopic (exact) mass is 187 g/mol. The number of nitrogens with one attached hydrogen (secondary N) is 1. The molecular formula is C9H17NO3. The van der Waals surface area contributed by atoms with Gasteiger partial charge in [0.1, 0.15) is 12.2 Å². The van der Waals surface area contributed by atoms with Gasteiger partial charge < -0.3 is 20.3 Å². The van der Waals surface area contributed by atoms with Crippen molar-refractivity contribution >= 4 is 0 Å². The largest absolute Gasteiger partial charge is 0.389 e. The topological polar surface area (TPSA) is 61.7 Å². The molecule has 2 rings (SSSR count). The third-order valence-corrected chi connectivity index (χ3v) is 3.06. The Hall–Kier alpha value is -0.160. The van der Waals surface area contributed by atoms with Crippen LogP contribution in [0.4, 0.5) is 0 Å². The molecule has 0 aromatic heterocycles. The average molecular weight is 187 g/mol. The fraction of sp³-hybridized carbons (Fsp3) is 1.00. The predicted octanol–water partition coefficient (Wildman–Crippen LogP) is -0.753. The minimum Gasteiger partial charge on any atom is -0.389 e. The number of rotatable bonds is 1. The van der Waals surface area contributed by atoms with Crippen molar-refractivity contribution in [3.8, 4) is 0 Å². The summed E-state index contributed by atoms with van der Waals surface area (Å²) >= 11 is 0. The standard InChI is InChI=1S/C9H17NO3/c1-2-5-8(11)9(12)7-6(13-5)3-4-10-7/h5-12H,2-4H2,1H3/t5-,6?,7+,8+,9-/m1/s1. The second-order valence-corrected chi connectivity index (χ2v) is 3.87. The van der Waals surface area contributed by atoms with Crippen molar-refractivity contribution in [2.75, 3.05) is 6.54 Å². The molecule has 0 aromatic carbocycles. The van der Waals surface area contributed by atoms with Crippen LogP contribution in [0.3, 0.4) is 0 Å². The fourth-order valence-electron chi connectivity index (χ4n) is 2.27. The summed E-state index contributed by atoms with van der Waals surface area (Å²) < 4.78 is 5.67. The molecule has 0 spiro atoms. The lowest BCUT2D eigenvalue weighted by Gasteiger charge is -2.39. The first kappa shape index (κ1) is 9.40. The van der Waals surface area contributed by atoms with Gasteiger partial charge in [0.15, 0.2) is 0 Å². The highest BCUT2D eigenvalue weighted by Crippen LogP contribution is 2.27. The van der Waals surface area contributed by atoms with E-state index < -0.39 is 12.2 Å². The van der Waals surface area contributed by atoms with Crippen molar-refractivity contribution in [1.82, 2.24) is 5.32 Å². The van der Waals surface area contributed by atoms with Gasteiger partial charge in [-0.05, 0) is 19.4 Å². The van der Waals surface area contributed by atoms with Gasteiger partial charge in [-0.1, -0.05) is 6.92 Å². The summed E-state index contributed by atoms with van der Waals surface area (Å²) in [6.07, 6.45) is 0.161. The lowest BCUT2D eigenvalue weighted by atomic mass is 9.93. The smallest absolute Gasteiger partial charge is 0.108 e. The van der Waals surface area contributed by atoms with E-state index >= 15 is 0 Å². The Balaban J connectivity index is 2.08. The van der Waals surface area contributed by atoms with Gasteiger partial charge in [0.05, 0.1) is 18.2 Å². The highest BCUT2D eigenvalue weighted by molar-refractivity contribution is 4.99. The molecule has 4 heteroatoms. The maximum Gasteiger partial charge on any atom is 0.108 e. The maximum atomic E-state index is 9.76. The van der Waals surface area contributed by atoms with Crippen molar-refractivity contribution in [1.29, 1.82) is 0 Å². The van der Waals surface area contributed by atoms with Crippen LogP contribution in [-0.2, 0) is 4.74 Å². The molecule has 2 saturated heterocycles. The van der Waals surface area contributed by atoms with Gasteiger partial charge in [-0.3, -0.25) is 0 Å².